The van der Waals surface area contributed by atoms with E-state index >= 15 is 0 Å². The van der Waals surface area contributed by atoms with E-state index < -0.39 is 12.1 Å². The van der Waals surface area contributed by atoms with Crippen molar-refractivity contribution >= 4 is 17.6 Å². The fourth-order valence-electron chi connectivity index (χ4n) is 2.63. The lowest BCUT2D eigenvalue weighted by Crippen LogP contribution is -2.44. The van der Waals surface area contributed by atoms with Gasteiger partial charge in [0.1, 0.15) is 24.0 Å². The first-order valence-electron chi connectivity index (χ1n) is 8.68. The Labute approximate surface area is 150 Å². The van der Waals surface area contributed by atoms with Crippen molar-refractivity contribution < 1.29 is 14.3 Å². The lowest BCUT2D eigenvalue weighted by Gasteiger charge is -2.32. The van der Waals surface area contributed by atoms with Gasteiger partial charge in [-0.15, -0.1) is 0 Å². The number of nitrogens with two attached hydrogens (primary N) is 1. The summed E-state index contributed by atoms with van der Waals surface area (Å²) < 4.78 is 11.7. The summed E-state index contributed by atoms with van der Waals surface area (Å²) in [6.07, 6.45) is 1.22. The second-order valence-electron chi connectivity index (χ2n) is 6.53. The molecule has 0 amide bonds. The van der Waals surface area contributed by atoms with Crippen molar-refractivity contribution in [3.63, 3.8) is 0 Å². The van der Waals surface area contributed by atoms with Crippen molar-refractivity contribution in [1.29, 1.82) is 0 Å². The zero-order valence-corrected chi connectivity index (χ0v) is 16.0. The highest BCUT2D eigenvalue weighted by atomic mass is 35.5. The molecular weight excluding hydrogens is 326 g/mol. The van der Waals surface area contributed by atoms with Crippen molar-refractivity contribution in [2.24, 2.45) is 17.6 Å². The van der Waals surface area contributed by atoms with Crippen LogP contribution >= 0.6 is 11.6 Å². The average molecular weight is 356 g/mol. The van der Waals surface area contributed by atoms with E-state index in [0.717, 1.165) is 12.8 Å². The van der Waals surface area contributed by atoms with Crippen LogP contribution in [-0.2, 0) is 9.53 Å². The Morgan fingerprint density at radius 1 is 1.21 bits per heavy atom. The molecule has 0 fully saturated rings. The van der Waals surface area contributed by atoms with Crippen LogP contribution in [0.5, 0.6) is 5.75 Å². The highest BCUT2D eigenvalue weighted by Gasteiger charge is 2.31. The molecule has 0 aromatic heterocycles. The van der Waals surface area contributed by atoms with Crippen molar-refractivity contribution in [2.45, 2.75) is 65.7 Å². The Hall–Kier alpha value is -1.26. The molecule has 1 aromatic carbocycles. The van der Waals surface area contributed by atoms with E-state index in [2.05, 4.69) is 13.8 Å². The molecule has 136 valence electrons. The van der Waals surface area contributed by atoms with Gasteiger partial charge in [0, 0.05) is 5.02 Å². The summed E-state index contributed by atoms with van der Waals surface area (Å²) in [5, 5.41) is 0.613. The zero-order chi connectivity index (χ0) is 18.3. The predicted octanol–water partition coefficient (Wildman–Crippen LogP) is 4.44. The number of carbonyl (C=O) groups is 1. The topological polar surface area (TPSA) is 61.5 Å². The highest BCUT2D eigenvalue weighted by Crippen LogP contribution is 2.26. The number of hydrogen-bond donors (Lipinski definition) is 1. The van der Waals surface area contributed by atoms with Gasteiger partial charge in [-0.2, -0.15) is 0 Å². The van der Waals surface area contributed by atoms with Crippen LogP contribution in [0.25, 0.3) is 0 Å². The standard InChI is InChI=1S/C19H30ClNO3/c1-6-14(7-2)18(24-16-10-8-9-15(20)11-16)13(5)23-19(22)17(21)12(3)4/h8-14,17-18H,6-7,21H2,1-5H3/t13-,17-,18-/m0/s1. The molecular formula is C19H30ClNO3. The van der Waals surface area contributed by atoms with E-state index in [1.165, 1.54) is 0 Å². The van der Waals surface area contributed by atoms with Gasteiger partial charge in [0.15, 0.2) is 0 Å². The molecule has 0 aliphatic heterocycles. The minimum Gasteiger partial charge on any atom is -0.486 e. The van der Waals surface area contributed by atoms with Crippen LogP contribution in [0.4, 0.5) is 0 Å². The lowest BCUT2D eigenvalue weighted by atomic mass is 9.93. The summed E-state index contributed by atoms with van der Waals surface area (Å²) in [4.78, 5) is 12.2. The van der Waals surface area contributed by atoms with Crippen LogP contribution < -0.4 is 10.5 Å². The van der Waals surface area contributed by atoms with E-state index in [9.17, 15) is 4.79 Å². The number of rotatable bonds is 9. The molecule has 0 heterocycles. The normalized spacial score (nSPS) is 15.2. The Morgan fingerprint density at radius 3 is 2.33 bits per heavy atom. The van der Waals surface area contributed by atoms with Crippen LogP contribution in [0.2, 0.25) is 5.02 Å². The Bertz CT molecular complexity index is 517. The zero-order valence-electron chi connectivity index (χ0n) is 15.3. The van der Waals surface area contributed by atoms with Gasteiger partial charge < -0.3 is 15.2 Å². The van der Waals surface area contributed by atoms with Gasteiger partial charge in [0.05, 0.1) is 0 Å². The summed E-state index contributed by atoms with van der Waals surface area (Å²) in [6.45, 7) is 9.88. The maximum absolute atomic E-state index is 12.2. The highest BCUT2D eigenvalue weighted by molar-refractivity contribution is 6.30. The van der Waals surface area contributed by atoms with Gasteiger partial charge in [0.25, 0.3) is 0 Å². The van der Waals surface area contributed by atoms with Crippen molar-refractivity contribution in [1.82, 2.24) is 0 Å². The number of benzene rings is 1. The predicted molar refractivity (Wildman–Crippen MR) is 98.3 cm³/mol. The Kier molecular flexibility index (Phi) is 8.57. The first-order valence-corrected chi connectivity index (χ1v) is 9.06. The molecule has 0 bridgehead atoms. The first kappa shape index (κ1) is 20.8. The fourth-order valence-corrected chi connectivity index (χ4v) is 2.81. The molecule has 0 spiro atoms. The van der Waals surface area contributed by atoms with Crippen LogP contribution in [0.3, 0.4) is 0 Å². The molecule has 0 saturated carbocycles. The molecule has 0 aliphatic carbocycles. The lowest BCUT2D eigenvalue weighted by molar-refractivity contribution is -0.157. The molecule has 1 aromatic rings. The molecule has 4 nitrogen and oxygen atoms in total. The van der Waals surface area contributed by atoms with Crippen LogP contribution in [0.1, 0.15) is 47.5 Å². The van der Waals surface area contributed by atoms with Gasteiger partial charge in [-0.3, -0.25) is 4.79 Å². The van der Waals surface area contributed by atoms with E-state index in [1.54, 1.807) is 12.1 Å². The Balaban J connectivity index is 2.90. The number of hydrogen-bond acceptors (Lipinski definition) is 4. The third-order valence-corrected chi connectivity index (χ3v) is 4.57. The van der Waals surface area contributed by atoms with Gasteiger partial charge in [-0.25, -0.2) is 0 Å². The second-order valence-corrected chi connectivity index (χ2v) is 6.96. The van der Waals surface area contributed by atoms with Gasteiger partial charge in [-0.05, 0) is 49.8 Å². The maximum Gasteiger partial charge on any atom is 0.323 e. The number of esters is 1. The van der Waals surface area contributed by atoms with Gasteiger partial charge >= 0.3 is 5.97 Å². The quantitative estimate of drug-likeness (QED) is 0.665. The smallest absolute Gasteiger partial charge is 0.323 e. The minimum absolute atomic E-state index is 0.0325. The largest absolute Gasteiger partial charge is 0.486 e. The third-order valence-electron chi connectivity index (χ3n) is 4.34. The molecule has 2 N–H and O–H groups in total. The maximum atomic E-state index is 12.2. The molecule has 0 aliphatic rings. The van der Waals surface area contributed by atoms with Crippen molar-refractivity contribution in [3.05, 3.63) is 29.3 Å². The monoisotopic (exact) mass is 355 g/mol. The number of ether oxygens (including phenoxy) is 2. The van der Waals surface area contributed by atoms with Gasteiger partial charge in [0.2, 0.25) is 0 Å². The van der Waals surface area contributed by atoms with E-state index in [1.807, 2.05) is 32.9 Å². The summed E-state index contributed by atoms with van der Waals surface area (Å²) in [6, 6.07) is 6.64. The summed E-state index contributed by atoms with van der Waals surface area (Å²) in [7, 11) is 0. The second kappa shape index (κ2) is 9.90. The summed E-state index contributed by atoms with van der Waals surface area (Å²) in [5.74, 6) is 0.589. The Morgan fingerprint density at radius 2 is 1.83 bits per heavy atom. The molecule has 0 radical (unpaired) electrons. The number of halogens is 1. The fraction of sp³-hybridized carbons (Fsp3) is 0.632. The summed E-state index contributed by atoms with van der Waals surface area (Å²) in [5.41, 5.74) is 5.89. The summed E-state index contributed by atoms with van der Waals surface area (Å²) >= 11 is 6.03. The molecule has 5 heteroatoms. The van der Waals surface area contributed by atoms with Crippen LogP contribution in [-0.4, -0.2) is 24.2 Å². The van der Waals surface area contributed by atoms with Crippen molar-refractivity contribution in [2.75, 3.05) is 0 Å². The van der Waals surface area contributed by atoms with Gasteiger partial charge in [-0.1, -0.05) is 45.4 Å². The number of carbonyl (C=O) groups excluding carboxylic acids is 1. The molecule has 24 heavy (non-hydrogen) atoms. The molecule has 0 saturated heterocycles. The van der Waals surface area contributed by atoms with Crippen LogP contribution in [0.15, 0.2) is 24.3 Å². The molecule has 3 atom stereocenters. The molecule has 0 unspecified atom stereocenters. The SMILES string of the molecule is CCC(CC)[C@@H](Oc1cccc(Cl)c1)[C@H](C)OC(=O)[C@@H](N)C(C)C. The average Bonchev–Trinajstić information content (AvgIpc) is 2.54. The third kappa shape index (κ3) is 5.99. The van der Waals surface area contributed by atoms with Crippen molar-refractivity contribution in [3.8, 4) is 5.75 Å². The van der Waals surface area contributed by atoms with E-state index in [0.29, 0.717) is 10.8 Å². The van der Waals surface area contributed by atoms with E-state index in [-0.39, 0.29) is 23.9 Å². The first-order chi connectivity index (χ1) is 11.3. The van der Waals surface area contributed by atoms with Crippen LogP contribution in [0, 0.1) is 11.8 Å². The van der Waals surface area contributed by atoms with E-state index in [4.69, 9.17) is 26.8 Å². The minimum atomic E-state index is -0.624. The molecule has 1 rings (SSSR count).